The number of hydrogen-bond acceptors (Lipinski definition) is 6. The zero-order valence-electron chi connectivity index (χ0n) is 16.2. The molecular weight excluding hydrogens is 390 g/mol. The molecule has 0 saturated heterocycles. The first kappa shape index (κ1) is 22.9. The molecule has 0 aliphatic rings. The van der Waals surface area contributed by atoms with Gasteiger partial charge in [0.15, 0.2) is 0 Å². The number of phenolic OH excluding ortho intramolecular Hbond substituents is 1. The average molecular weight is 415 g/mol. The lowest BCUT2D eigenvalue weighted by molar-refractivity contribution is -0.146. The molecule has 2 aromatic rings. The number of aliphatic hydroxyl groups excluding tert-OH is 1. The fraction of sp³-hybridized carbons (Fsp3) is 0.286. The van der Waals surface area contributed by atoms with Crippen LogP contribution in [0.4, 0.5) is 0 Å². The highest BCUT2D eigenvalue weighted by molar-refractivity contribution is 5.91. The summed E-state index contributed by atoms with van der Waals surface area (Å²) >= 11 is 0. The molecule has 0 spiro atoms. The van der Waals surface area contributed by atoms with E-state index in [-0.39, 0.29) is 18.6 Å². The molecule has 0 aliphatic heterocycles. The lowest BCUT2D eigenvalue weighted by Gasteiger charge is -2.24. The minimum atomic E-state index is -1.84. The van der Waals surface area contributed by atoms with Crippen LogP contribution in [0, 0.1) is 5.92 Å². The Hall–Kier alpha value is -3.43. The Morgan fingerprint density at radius 1 is 0.933 bits per heavy atom. The third-order valence-corrected chi connectivity index (χ3v) is 4.72. The van der Waals surface area contributed by atoms with Crippen LogP contribution in [-0.4, -0.2) is 45.3 Å². The number of aromatic hydroxyl groups is 1. The molecule has 0 radical (unpaired) electrons. The van der Waals surface area contributed by atoms with Crippen LogP contribution in [0.15, 0.2) is 54.6 Å². The maximum atomic E-state index is 12.8. The van der Waals surface area contributed by atoms with E-state index in [0.717, 1.165) is 11.1 Å². The normalized spacial score (nSPS) is 13.7. The van der Waals surface area contributed by atoms with Crippen LogP contribution in [0.5, 0.6) is 5.75 Å². The lowest BCUT2D eigenvalue weighted by Crippen LogP contribution is -2.52. The molecular formula is C21H25N3O6. The minimum absolute atomic E-state index is 0.0437. The summed E-state index contributed by atoms with van der Waals surface area (Å²) in [5.41, 5.74) is 8.28. The van der Waals surface area contributed by atoms with Gasteiger partial charge in [-0.3, -0.25) is 19.6 Å². The van der Waals surface area contributed by atoms with E-state index in [9.17, 15) is 24.6 Å². The Morgan fingerprint density at radius 2 is 1.57 bits per heavy atom. The zero-order valence-corrected chi connectivity index (χ0v) is 16.2. The van der Waals surface area contributed by atoms with Gasteiger partial charge < -0.3 is 21.3 Å². The van der Waals surface area contributed by atoms with Gasteiger partial charge in [-0.25, -0.2) is 5.48 Å². The average Bonchev–Trinajstić information content (AvgIpc) is 2.74. The Bertz CT molecular complexity index is 857. The second-order valence-electron chi connectivity index (χ2n) is 6.89. The molecule has 0 fully saturated rings. The molecule has 2 rings (SSSR count). The number of hydrogen-bond donors (Lipinski definition) is 6. The van der Waals surface area contributed by atoms with E-state index in [0.29, 0.717) is 6.42 Å². The number of benzene rings is 2. The van der Waals surface area contributed by atoms with Crippen LogP contribution >= 0.6 is 0 Å². The smallest absolute Gasteiger partial charge is 0.272 e. The number of aliphatic hydroxyl groups is 1. The number of carbonyl (C=O) groups excluding carboxylic acids is 3. The Labute approximate surface area is 173 Å². The van der Waals surface area contributed by atoms with E-state index >= 15 is 0 Å². The first-order valence-corrected chi connectivity index (χ1v) is 9.35. The van der Waals surface area contributed by atoms with Gasteiger partial charge in [0.25, 0.3) is 5.91 Å². The second-order valence-corrected chi connectivity index (χ2v) is 6.89. The predicted molar refractivity (Wildman–Crippen MR) is 107 cm³/mol. The number of amides is 3. The summed E-state index contributed by atoms with van der Waals surface area (Å²) in [5.74, 6) is -3.81. The molecule has 3 amide bonds. The number of carbonyl (C=O) groups is 3. The van der Waals surface area contributed by atoms with Crippen molar-refractivity contribution in [2.24, 2.45) is 11.7 Å². The molecule has 9 nitrogen and oxygen atoms in total. The molecule has 0 aromatic heterocycles. The lowest BCUT2D eigenvalue weighted by atomic mass is 9.92. The monoisotopic (exact) mass is 415 g/mol. The van der Waals surface area contributed by atoms with Gasteiger partial charge in [-0.2, -0.15) is 0 Å². The van der Waals surface area contributed by atoms with Crippen molar-refractivity contribution in [3.63, 3.8) is 0 Å². The molecule has 0 unspecified atom stereocenters. The summed E-state index contributed by atoms with van der Waals surface area (Å²) in [5, 5.41) is 30.9. The van der Waals surface area contributed by atoms with Gasteiger partial charge in [0.1, 0.15) is 17.9 Å². The summed E-state index contributed by atoms with van der Waals surface area (Å²) in [6, 6.07) is 14.1. The van der Waals surface area contributed by atoms with Gasteiger partial charge in [-0.15, -0.1) is 0 Å². The summed E-state index contributed by atoms with van der Waals surface area (Å²) in [7, 11) is 0. The van der Waals surface area contributed by atoms with Crippen LogP contribution < -0.4 is 16.5 Å². The molecule has 9 heteroatoms. The van der Waals surface area contributed by atoms with E-state index in [2.05, 4.69) is 5.32 Å². The molecule has 0 saturated carbocycles. The zero-order chi connectivity index (χ0) is 22.1. The van der Waals surface area contributed by atoms with Gasteiger partial charge in [-0.05, 0) is 36.1 Å². The number of nitrogens with one attached hydrogen (secondary N) is 2. The van der Waals surface area contributed by atoms with Crippen molar-refractivity contribution in [2.75, 3.05) is 0 Å². The van der Waals surface area contributed by atoms with Crippen molar-refractivity contribution in [3.8, 4) is 5.75 Å². The van der Waals surface area contributed by atoms with Crippen molar-refractivity contribution < 1.29 is 29.8 Å². The third kappa shape index (κ3) is 6.57. The first-order valence-electron chi connectivity index (χ1n) is 9.35. The van der Waals surface area contributed by atoms with Gasteiger partial charge in [0.05, 0.1) is 5.92 Å². The second kappa shape index (κ2) is 10.9. The van der Waals surface area contributed by atoms with Gasteiger partial charge in [0, 0.05) is 6.42 Å². The number of phenols is 1. The highest BCUT2D eigenvalue weighted by Gasteiger charge is 2.33. The molecule has 30 heavy (non-hydrogen) atoms. The van der Waals surface area contributed by atoms with Crippen LogP contribution in [0.3, 0.4) is 0 Å². The Kier molecular flexibility index (Phi) is 8.33. The van der Waals surface area contributed by atoms with Crippen LogP contribution in [0.2, 0.25) is 0 Å². The van der Waals surface area contributed by atoms with E-state index in [4.69, 9.17) is 10.9 Å². The SMILES string of the molecule is NC(=O)[C@H](Cc1ccccc1)NC(=O)[C@H](CCc1ccc(O)cc1)[C@H](O)C(=O)NO. The number of aryl methyl sites for hydroxylation is 1. The molecule has 7 N–H and O–H groups in total. The number of nitrogens with two attached hydrogens (primary N) is 1. The van der Waals surface area contributed by atoms with E-state index in [1.165, 1.54) is 17.6 Å². The number of rotatable bonds is 10. The van der Waals surface area contributed by atoms with Crippen molar-refractivity contribution in [2.45, 2.75) is 31.4 Å². The van der Waals surface area contributed by atoms with Gasteiger partial charge in [-0.1, -0.05) is 42.5 Å². The number of hydroxylamine groups is 1. The Morgan fingerprint density at radius 3 is 2.13 bits per heavy atom. The summed E-state index contributed by atoms with van der Waals surface area (Å²) in [6.07, 6.45) is -1.34. The van der Waals surface area contributed by atoms with E-state index in [1.807, 2.05) is 6.07 Å². The standard InChI is InChI=1S/C21H25N3O6/c22-19(27)17(12-14-4-2-1-3-5-14)23-20(28)16(18(26)21(29)24-30)11-8-13-6-9-15(25)10-7-13/h1-7,9-10,16-18,25-26,30H,8,11-12H2,(H2,22,27)(H,23,28)(H,24,29)/t16-,17+,18+/m1/s1. The quantitative estimate of drug-likeness (QED) is 0.237. The number of primary amides is 1. The van der Waals surface area contributed by atoms with Crippen LogP contribution in [0.25, 0.3) is 0 Å². The molecule has 0 aliphatic carbocycles. The largest absolute Gasteiger partial charge is 0.508 e. The van der Waals surface area contributed by atoms with E-state index in [1.54, 1.807) is 36.4 Å². The van der Waals surface area contributed by atoms with Gasteiger partial charge in [0.2, 0.25) is 11.8 Å². The fourth-order valence-electron chi connectivity index (χ4n) is 3.02. The highest BCUT2D eigenvalue weighted by Crippen LogP contribution is 2.17. The van der Waals surface area contributed by atoms with E-state index < -0.39 is 35.8 Å². The van der Waals surface area contributed by atoms with Gasteiger partial charge >= 0.3 is 0 Å². The van der Waals surface area contributed by atoms with Crippen molar-refractivity contribution in [1.82, 2.24) is 10.8 Å². The van der Waals surface area contributed by atoms with Crippen molar-refractivity contribution in [3.05, 3.63) is 65.7 Å². The van der Waals surface area contributed by atoms with Crippen molar-refractivity contribution in [1.29, 1.82) is 0 Å². The maximum Gasteiger partial charge on any atom is 0.272 e. The maximum absolute atomic E-state index is 12.8. The third-order valence-electron chi connectivity index (χ3n) is 4.72. The predicted octanol–water partition coefficient (Wildman–Crippen LogP) is 0.0201. The minimum Gasteiger partial charge on any atom is -0.508 e. The van der Waals surface area contributed by atoms with Crippen LogP contribution in [0.1, 0.15) is 17.5 Å². The highest BCUT2D eigenvalue weighted by atomic mass is 16.5. The van der Waals surface area contributed by atoms with Crippen LogP contribution in [-0.2, 0) is 27.2 Å². The van der Waals surface area contributed by atoms with Crippen molar-refractivity contribution >= 4 is 17.7 Å². The topological polar surface area (TPSA) is 162 Å². The fourth-order valence-corrected chi connectivity index (χ4v) is 3.02. The Balaban J connectivity index is 2.13. The molecule has 0 heterocycles. The molecule has 2 aromatic carbocycles. The summed E-state index contributed by atoms with van der Waals surface area (Å²) < 4.78 is 0. The summed E-state index contributed by atoms with van der Waals surface area (Å²) in [6.45, 7) is 0. The molecule has 160 valence electrons. The summed E-state index contributed by atoms with van der Waals surface area (Å²) in [4.78, 5) is 36.3. The molecule has 0 bridgehead atoms. The molecule has 3 atom stereocenters. The first-order chi connectivity index (χ1) is 14.3.